The number of oxazole rings is 1. The molecule has 0 radical (unpaired) electrons. The third-order valence-electron chi connectivity index (χ3n) is 2.94. The maximum Gasteiger partial charge on any atom is 0.197 e. The van der Waals surface area contributed by atoms with E-state index in [1.807, 2.05) is 0 Å². The first-order chi connectivity index (χ1) is 10.3. The number of aliphatic hydroxyl groups excluding tert-OH is 1. The van der Waals surface area contributed by atoms with E-state index < -0.39 is 0 Å². The molecule has 0 aliphatic rings. The van der Waals surface area contributed by atoms with Crippen molar-refractivity contribution in [2.24, 2.45) is 0 Å². The lowest BCUT2D eigenvalue weighted by Gasteiger charge is -2.05. The highest BCUT2D eigenvalue weighted by molar-refractivity contribution is 5.83. The van der Waals surface area contributed by atoms with Crippen LogP contribution in [0.15, 0.2) is 35.0 Å². The van der Waals surface area contributed by atoms with Crippen molar-refractivity contribution in [1.82, 2.24) is 15.0 Å². The molecule has 21 heavy (non-hydrogen) atoms. The van der Waals surface area contributed by atoms with Crippen LogP contribution in [0.25, 0.3) is 11.1 Å². The van der Waals surface area contributed by atoms with E-state index in [0.717, 1.165) is 0 Å². The Bertz CT molecular complexity index is 760. The molecule has 6 nitrogen and oxygen atoms in total. The maximum absolute atomic E-state index is 13.5. The summed E-state index contributed by atoms with van der Waals surface area (Å²) in [6.07, 6.45) is 3.44. The van der Waals surface area contributed by atoms with Gasteiger partial charge in [-0.3, -0.25) is 4.98 Å². The van der Waals surface area contributed by atoms with Crippen LogP contribution in [0.1, 0.15) is 11.6 Å². The number of anilines is 1. The summed E-state index contributed by atoms with van der Waals surface area (Å²) in [5, 5.41) is 11.9. The maximum atomic E-state index is 13.5. The fourth-order valence-corrected chi connectivity index (χ4v) is 1.95. The highest BCUT2D eigenvalue weighted by atomic mass is 19.1. The van der Waals surface area contributed by atoms with Gasteiger partial charge in [-0.15, -0.1) is 0 Å². The van der Waals surface area contributed by atoms with Crippen molar-refractivity contribution in [2.75, 3.05) is 11.9 Å². The molecule has 0 aliphatic carbocycles. The minimum atomic E-state index is -0.377. The van der Waals surface area contributed by atoms with Crippen molar-refractivity contribution < 1.29 is 13.9 Å². The summed E-state index contributed by atoms with van der Waals surface area (Å²) in [7, 11) is 0. The highest BCUT2D eigenvalue weighted by Crippen LogP contribution is 2.22. The van der Waals surface area contributed by atoms with Crippen molar-refractivity contribution in [1.29, 1.82) is 0 Å². The molecule has 108 valence electrons. The van der Waals surface area contributed by atoms with Gasteiger partial charge in [-0.25, -0.2) is 14.4 Å². The zero-order valence-corrected chi connectivity index (χ0v) is 11.1. The number of nitrogens with zero attached hydrogens (tertiary/aromatic N) is 3. The zero-order valence-electron chi connectivity index (χ0n) is 11.1. The van der Waals surface area contributed by atoms with Gasteiger partial charge in [-0.2, -0.15) is 0 Å². The first-order valence-electron chi connectivity index (χ1n) is 6.46. The molecule has 0 aromatic carbocycles. The van der Waals surface area contributed by atoms with E-state index in [1.54, 1.807) is 12.3 Å². The second kappa shape index (κ2) is 5.84. The van der Waals surface area contributed by atoms with Crippen molar-refractivity contribution >= 4 is 16.9 Å². The SMILES string of the molecule is OCCc1nc2c(NCc3ncccc3F)nccc2o1. The molecule has 0 fully saturated rings. The summed E-state index contributed by atoms with van der Waals surface area (Å²) in [6.45, 7) is 0.156. The van der Waals surface area contributed by atoms with Crippen molar-refractivity contribution in [3.05, 3.63) is 48.0 Å². The van der Waals surface area contributed by atoms with Gasteiger partial charge in [0.2, 0.25) is 0 Å². The van der Waals surface area contributed by atoms with E-state index in [2.05, 4.69) is 20.3 Å². The average molecular weight is 288 g/mol. The molecule has 2 N–H and O–H groups in total. The van der Waals surface area contributed by atoms with E-state index in [4.69, 9.17) is 9.52 Å². The van der Waals surface area contributed by atoms with Crippen LogP contribution in [-0.2, 0) is 13.0 Å². The van der Waals surface area contributed by atoms with Crippen LogP contribution in [0.2, 0.25) is 0 Å². The number of fused-ring (bicyclic) bond motifs is 1. The number of hydrogen-bond acceptors (Lipinski definition) is 6. The summed E-state index contributed by atoms with van der Waals surface area (Å²) < 4.78 is 19.0. The third kappa shape index (κ3) is 2.82. The molecular formula is C14H13FN4O2. The van der Waals surface area contributed by atoms with E-state index in [-0.39, 0.29) is 19.0 Å². The Labute approximate surface area is 119 Å². The standard InChI is InChI=1S/C14H13FN4O2/c15-9-2-1-5-16-10(9)8-18-14-13-11(3-6-17-14)21-12(19-13)4-7-20/h1-3,5-6,20H,4,7-8H2,(H,17,18). The minimum absolute atomic E-state index is 0.0395. The molecule has 0 atom stereocenters. The van der Waals surface area contributed by atoms with Crippen LogP contribution in [0.5, 0.6) is 0 Å². The normalized spacial score (nSPS) is 11.0. The molecule has 3 aromatic rings. The summed E-state index contributed by atoms with van der Waals surface area (Å²) in [5.74, 6) is 0.552. The third-order valence-corrected chi connectivity index (χ3v) is 2.94. The Balaban J connectivity index is 1.85. The van der Waals surface area contributed by atoms with Gasteiger partial charge >= 0.3 is 0 Å². The molecule has 0 saturated heterocycles. The minimum Gasteiger partial charge on any atom is -0.440 e. The van der Waals surface area contributed by atoms with Gasteiger partial charge in [0.25, 0.3) is 0 Å². The van der Waals surface area contributed by atoms with E-state index >= 15 is 0 Å². The second-order valence-corrected chi connectivity index (χ2v) is 4.37. The molecule has 7 heteroatoms. The number of rotatable bonds is 5. The number of halogens is 1. The quantitative estimate of drug-likeness (QED) is 0.746. The van der Waals surface area contributed by atoms with E-state index in [9.17, 15) is 4.39 Å². The predicted octanol–water partition coefficient (Wildman–Crippen LogP) is 1.90. The van der Waals surface area contributed by atoms with Gasteiger partial charge < -0.3 is 14.8 Å². The molecule has 3 aromatic heterocycles. The predicted molar refractivity (Wildman–Crippen MR) is 74.1 cm³/mol. The summed E-state index contributed by atoms with van der Waals surface area (Å²) in [6, 6.07) is 4.58. The Kier molecular flexibility index (Phi) is 3.74. The number of pyridine rings is 2. The Morgan fingerprint density at radius 2 is 2.14 bits per heavy atom. The first-order valence-corrected chi connectivity index (χ1v) is 6.46. The lowest BCUT2D eigenvalue weighted by molar-refractivity contribution is 0.287. The van der Waals surface area contributed by atoms with Gasteiger partial charge in [-0.1, -0.05) is 0 Å². The number of aromatic nitrogens is 3. The fraction of sp³-hybridized carbons (Fsp3) is 0.214. The number of aliphatic hydroxyl groups is 1. The average Bonchev–Trinajstić information content (AvgIpc) is 2.90. The van der Waals surface area contributed by atoms with Crippen LogP contribution < -0.4 is 5.32 Å². The fourth-order valence-electron chi connectivity index (χ4n) is 1.95. The van der Waals surface area contributed by atoms with E-state index in [1.165, 1.54) is 18.3 Å². The molecule has 3 heterocycles. The Hall–Kier alpha value is -2.54. The van der Waals surface area contributed by atoms with Crippen LogP contribution >= 0.6 is 0 Å². The highest BCUT2D eigenvalue weighted by Gasteiger charge is 2.11. The summed E-state index contributed by atoms with van der Waals surface area (Å²) in [4.78, 5) is 12.4. The van der Waals surface area contributed by atoms with Crippen molar-refractivity contribution in [2.45, 2.75) is 13.0 Å². The lowest BCUT2D eigenvalue weighted by Crippen LogP contribution is -2.05. The molecule has 3 rings (SSSR count). The van der Waals surface area contributed by atoms with Gasteiger partial charge in [0.1, 0.15) is 5.82 Å². The summed E-state index contributed by atoms with van der Waals surface area (Å²) in [5.41, 5.74) is 1.42. The second-order valence-electron chi connectivity index (χ2n) is 4.37. The number of hydrogen-bond donors (Lipinski definition) is 2. The van der Waals surface area contributed by atoms with Gasteiger partial charge in [0, 0.05) is 24.9 Å². The van der Waals surface area contributed by atoms with Gasteiger partial charge in [0.15, 0.2) is 22.8 Å². The van der Waals surface area contributed by atoms with Crippen molar-refractivity contribution in [3.8, 4) is 0 Å². The number of nitrogens with one attached hydrogen (secondary N) is 1. The van der Waals surface area contributed by atoms with Crippen LogP contribution in [0.3, 0.4) is 0 Å². The Morgan fingerprint density at radius 1 is 1.24 bits per heavy atom. The van der Waals surface area contributed by atoms with E-state index in [0.29, 0.717) is 34.9 Å². The molecule has 0 amide bonds. The monoisotopic (exact) mass is 288 g/mol. The molecular weight excluding hydrogens is 275 g/mol. The zero-order chi connectivity index (χ0) is 14.7. The van der Waals surface area contributed by atoms with Crippen LogP contribution in [0, 0.1) is 5.82 Å². The molecule has 0 unspecified atom stereocenters. The molecule has 0 spiro atoms. The molecule has 0 bridgehead atoms. The summed E-state index contributed by atoms with van der Waals surface area (Å²) >= 11 is 0. The van der Waals surface area contributed by atoms with Crippen LogP contribution in [-0.4, -0.2) is 26.7 Å². The van der Waals surface area contributed by atoms with Crippen molar-refractivity contribution in [3.63, 3.8) is 0 Å². The first kappa shape index (κ1) is 13.4. The largest absolute Gasteiger partial charge is 0.440 e. The Morgan fingerprint density at radius 3 is 2.95 bits per heavy atom. The molecule has 0 saturated carbocycles. The van der Waals surface area contributed by atoms with Crippen LogP contribution in [0.4, 0.5) is 10.2 Å². The van der Waals surface area contributed by atoms with Gasteiger partial charge in [0.05, 0.1) is 18.8 Å². The lowest BCUT2D eigenvalue weighted by atomic mass is 10.3. The van der Waals surface area contributed by atoms with Gasteiger partial charge in [-0.05, 0) is 12.1 Å². The smallest absolute Gasteiger partial charge is 0.197 e. The molecule has 0 aliphatic heterocycles. The topological polar surface area (TPSA) is 84.1 Å².